The van der Waals surface area contributed by atoms with Crippen LogP contribution in [0.3, 0.4) is 0 Å². The molecule has 1 heteroatoms. The van der Waals surface area contributed by atoms with Gasteiger partial charge in [-0.05, 0) is 44.2 Å². The molecule has 0 aliphatic carbocycles. The van der Waals surface area contributed by atoms with Crippen LogP contribution in [-0.2, 0) is 0 Å². The van der Waals surface area contributed by atoms with Crippen LogP contribution in [0.15, 0.2) is 0 Å². The van der Waals surface area contributed by atoms with Crippen LogP contribution in [0, 0.1) is 11.8 Å². The maximum atomic E-state index is 3.57. The van der Waals surface area contributed by atoms with Gasteiger partial charge in [-0.2, -0.15) is 0 Å². The molecule has 0 aromatic heterocycles. The Hall–Kier alpha value is -0.0400. The molecule has 0 radical (unpaired) electrons. The van der Waals surface area contributed by atoms with Crippen molar-refractivity contribution in [1.82, 2.24) is 5.32 Å². The van der Waals surface area contributed by atoms with E-state index >= 15 is 0 Å². The van der Waals surface area contributed by atoms with Crippen LogP contribution in [0.25, 0.3) is 0 Å². The minimum Gasteiger partial charge on any atom is -0.316 e. The Labute approximate surface area is 76.9 Å². The van der Waals surface area contributed by atoms with E-state index in [1.807, 2.05) is 0 Å². The van der Waals surface area contributed by atoms with Crippen molar-refractivity contribution in [2.24, 2.45) is 11.8 Å². The summed E-state index contributed by atoms with van der Waals surface area (Å²) in [5.74, 6) is 1.86. The highest BCUT2D eigenvalue weighted by Gasteiger charge is 2.12. The monoisotopic (exact) mass is 169 g/mol. The second-order valence-electron chi connectivity index (χ2n) is 4.35. The van der Waals surface area contributed by atoms with Crippen LogP contribution in [0.2, 0.25) is 0 Å². The largest absolute Gasteiger partial charge is 0.316 e. The second-order valence-corrected chi connectivity index (χ2v) is 4.35. The minimum absolute atomic E-state index is 0.896. The molecule has 1 nitrogen and oxygen atoms in total. The molecule has 0 bridgehead atoms. The lowest BCUT2D eigenvalue weighted by molar-refractivity contribution is 0.332. The molecule has 0 aromatic carbocycles. The minimum atomic E-state index is 0.896. The van der Waals surface area contributed by atoms with E-state index < -0.39 is 0 Å². The van der Waals surface area contributed by atoms with Crippen LogP contribution in [-0.4, -0.2) is 13.1 Å². The smallest absolute Gasteiger partial charge is 0.00204 e. The van der Waals surface area contributed by atoms with Gasteiger partial charge in [0, 0.05) is 0 Å². The molecule has 0 spiro atoms. The van der Waals surface area contributed by atoms with Gasteiger partial charge in [-0.3, -0.25) is 0 Å². The van der Waals surface area contributed by atoms with Crippen molar-refractivity contribution in [3.8, 4) is 0 Å². The molecule has 2 atom stereocenters. The van der Waals surface area contributed by atoms with E-state index in [4.69, 9.17) is 0 Å². The fourth-order valence-electron chi connectivity index (χ4n) is 2.15. The van der Waals surface area contributed by atoms with Crippen molar-refractivity contribution in [3.05, 3.63) is 0 Å². The van der Waals surface area contributed by atoms with Gasteiger partial charge in [-0.15, -0.1) is 0 Å². The number of hydrogen-bond donors (Lipinski definition) is 1. The summed E-state index contributed by atoms with van der Waals surface area (Å²) < 4.78 is 0. The molecule has 1 aliphatic rings. The predicted molar refractivity (Wildman–Crippen MR) is 54.3 cm³/mol. The third kappa shape index (κ3) is 3.57. The fourth-order valence-corrected chi connectivity index (χ4v) is 2.15. The molecule has 1 fully saturated rings. The first-order valence-electron chi connectivity index (χ1n) is 5.53. The van der Waals surface area contributed by atoms with Gasteiger partial charge in [0.25, 0.3) is 0 Å². The SMILES string of the molecule is CCCC1CCCC(C)CNC1. The zero-order valence-corrected chi connectivity index (χ0v) is 8.60. The summed E-state index contributed by atoms with van der Waals surface area (Å²) in [5.41, 5.74) is 0. The van der Waals surface area contributed by atoms with E-state index in [0.717, 1.165) is 11.8 Å². The normalized spacial score (nSPS) is 32.5. The molecule has 1 aliphatic heterocycles. The maximum Gasteiger partial charge on any atom is -0.00204 e. The van der Waals surface area contributed by atoms with E-state index in [1.54, 1.807) is 0 Å². The van der Waals surface area contributed by atoms with Crippen LogP contribution in [0.5, 0.6) is 0 Å². The molecule has 2 unspecified atom stereocenters. The Morgan fingerprint density at radius 3 is 2.83 bits per heavy atom. The topological polar surface area (TPSA) is 12.0 Å². The molecule has 12 heavy (non-hydrogen) atoms. The summed E-state index contributed by atoms with van der Waals surface area (Å²) in [5, 5.41) is 3.57. The first-order valence-corrected chi connectivity index (χ1v) is 5.53. The number of rotatable bonds is 2. The first-order chi connectivity index (χ1) is 5.83. The van der Waals surface area contributed by atoms with Crippen LogP contribution >= 0.6 is 0 Å². The molecule has 0 saturated carbocycles. The molecule has 0 aromatic rings. The average Bonchev–Trinajstić information content (AvgIpc) is 2.00. The van der Waals surface area contributed by atoms with Gasteiger partial charge in [0.2, 0.25) is 0 Å². The van der Waals surface area contributed by atoms with Crippen molar-refractivity contribution >= 4 is 0 Å². The van der Waals surface area contributed by atoms with E-state index in [9.17, 15) is 0 Å². The summed E-state index contributed by atoms with van der Waals surface area (Å²) in [6.45, 7) is 7.15. The van der Waals surface area contributed by atoms with Crippen molar-refractivity contribution in [2.75, 3.05) is 13.1 Å². The number of nitrogens with one attached hydrogen (secondary N) is 1. The van der Waals surface area contributed by atoms with Crippen LogP contribution in [0.4, 0.5) is 0 Å². The Kier molecular flexibility index (Phi) is 4.67. The molecular formula is C11H23N. The van der Waals surface area contributed by atoms with E-state index in [2.05, 4.69) is 19.2 Å². The number of hydrogen-bond acceptors (Lipinski definition) is 1. The molecular weight excluding hydrogens is 146 g/mol. The van der Waals surface area contributed by atoms with Gasteiger partial charge in [0.05, 0.1) is 0 Å². The third-order valence-corrected chi connectivity index (χ3v) is 2.93. The van der Waals surface area contributed by atoms with Gasteiger partial charge in [0.1, 0.15) is 0 Å². The summed E-state index contributed by atoms with van der Waals surface area (Å²) >= 11 is 0. The van der Waals surface area contributed by atoms with E-state index in [-0.39, 0.29) is 0 Å². The maximum absolute atomic E-state index is 3.57. The van der Waals surface area contributed by atoms with Gasteiger partial charge in [-0.1, -0.05) is 26.7 Å². The van der Waals surface area contributed by atoms with Crippen molar-refractivity contribution in [2.45, 2.75) is 46.0 Å². The summed E-state index contributed by atoms with van der Waals surface area (Å²) in [6.07, 6.45) is 7.09. The lowest BCUT2D eigenvalue weighted by Gasteiger charge is -2.23. The highest BCUT2D eigenvalue weighted by molar-refractivity contribution is 4.68. The Morgan fingerprint density at radius 2 is 2.08 bits per heavy atom. The molecule has 1 N–H and O–H groups in total. The van der Waals surface area contributed by atoms with Gasteiger partial charge in [-0.25, -0.2) is 0 Å². The van der Waals surface area contributed by atoms with Gasteiger partial charge >= 0.3 is 0 Å². The summed E-state index contributed by atoms with van der Waals surface area (Å²) in [6, 6.07) is 0. The van der Waals surface area contributed by atoms with Crippen molar-refractivity contribution in [3.63, 3.8) is 0 Å². The average molecular weight is 169 g/mol. The highest BCUT2D eigenvalue weighted by atomic mass is 14.9. The van der Waals surface area contributed by atoms with Crippen molar-refractivity contribution < 1.29 is 0 Å². The predicted octanol–water partition coefficient (Wildman–Crippen LogP) is 2.81. The quantitative estimate of drug-likeness (QED) is 0.670. The first kappa shape index (κ1) is 10.0. The Bertz CT molecular complexity index is 102. The van der Waals surface area contributed by atoms with E-state index in [1.165, 1.54) is 45.2 Å². The zero-order valence-electron chi connectivity index (χ0n) is 8.60. The zero-order chi connectivity index (χ0) is 8.81. The molecule has 0 amide bonds. The Balaban J connectivity index is 2.20. The molecule has 72 valence electrons. The summed E-state index contributed by atoms with van der Waals surface area (Å²) in [4.78, 5) is 0. The van der Waals surface area contributed by atoms with Crippen LogP contribution < -0.4 is 5.32 Å². The lowest BCUT2D eigenvalue weighted by atomic mass is 9.92. The van der Waals surface area contributed by atoms with E-state index in [0.29, 0.717) is 0 Å². The fraction of sp³-hybridized carbons (Fsp3) is 1.00. The molecule has 1 heterocycles. The van der Waals surface area contributed by atoms with Gasteiger partial charge in [0.15, 0.2) is 0 Å². The standard InChI is InChI=1S/C11H23N/c1-3-5-11-7-4-6-10(2)8-12-9-11/h10-12H,3-9H2,1-2H3. The summed E-state index contributed by atoms with van der Waals surface area (Å²) in [7, 11) is 0. The van der Waals surface area contributed by atoms with Crippen molar-refractivity contribution in [1.29, 1.82) is 0 Å². The highest BCUT2D eigenvalue weighted by Crippen LogP contribution is 2.18. The lowest BCUT2D eigenvalue weighted by Crippen LogP contribution is -2.29. The molecule has 1 rings (SSSR count). The Morgan fingerprint density at radius 1 is 1.25 bits per heavy atom. The second kappa shape index (κ2) is 5.58. The van der Waals surface area contributed by atoms with Crippen LogP contribution in [0.1, 0.15) is 46.0 Å². The third-order valence-electron chi connectivity index (χ3n) is 2.93. The molecule has 1 saturated heterocycles. The van der Waals surface area contributed by atoms with Gasteiger partial charge < -0.3 is 5.32 Å².